The summed E-state index contributed by atoms with van der Waals surface area (Å²) in [7, 11) is 0. The number of hydrogen-bond donors (Lipinski definition) is 0. The summed E-state index contributed by atoms with van der Waals surface area (Å²) in [6.07, 6.45) is 1.23. The van der Waals surface area contributed by atoms with E-state index in [0.717, 1.165) is 0 Å². The third kappa shape index (κ3) is 16.7. The summed E-state index contributed by atoms with van der Waals surface area (Å²) in [5, 5.41) is 0. The van der Waals surface area contributed by atoms with Gasteiger partial charge in [0.05, 0.1) is 0 Å². The van der Waals surface area contributed by atoms with Crippen LogP contribution in [-0.2, 0) is 0 Å². The average Bonchev–Trinajstić information content (AvgIpc) is 3.03. The summed E-state index contributed by atoms with van der Waals surface area (Å²) in [5.41, 5.74) is 13.8. The highest BCUT2D eigenvalue weighted by Gasteiger charge is 2.00. The molecule has 0 aromatic heterocycles. The van der Waals surface area contributed by atoms with Crippen LogP contribution in [0, 0.1) is 55.4 Å². The molecule has 1 atom stereocenters. The fourth-order valence-electron chi connectivity index (χ4n) is 4.07. The lowest BCUT2D eigenvalue weighted by Crippen LogP contribution is -1.89. The van der Waals surface area contributed by atoms with Crippen LogP contribution in [0.25, 0.3) is 0 Å². The van der Waals surface area contributed by atoms with Gasteiger partial charge in [-0.15, -0.1) is 0 Å². The maximum Gasteiger partial charge on any atom is -0.0193 e. The summed E-state index contributed by atoms with van der Waals surface area (Å²) in [5.74, 6) is 1.36. The van der Waals surface area contributed by atoms with Crippen LogP contribution in [0.4, 0.5) is 0 Å². The van der Waals surface area contributed by atoms with Crippen molar-refractivity contribution in [2.75, 3.05) is 0 Å². The third-order valence-electron chi connectivity index (χ3n) is 8.28. The van der Waals surface area contributed by atoms with Crippen LogP contribution >= 0.6 is 0 Å². The zero-order valence-corrected chi connectivity index (χ0v) is 30.4. The van der Waals surface area contributed by atoms with Crippen molar-refractivity contribution in [3.05, 3.63) is 177 Å². The molecule has 0 nitrogen and oxygen atoms in total. The van der Waals surface area contributed by atoms with Gasteiger partial charge in [-0.3, -0.25) is 0 Å². The lowest BCUT2D eigenvalue weighted by atomic mass is 9.98. The van der Waals surface area contributed by atoms with Gasteiger partial charge in [0.25, 0.3) is 0 Å². The molecular weight excluding hydrogens is 540 g/mol. The molecular formula is C45H60. The second kappa shape index (κ2) is 21.7. The highest BCUT2D eigenvalue weighted by atomic mass is 14.1. The second-order valence-electron chi connectivity index (χ2n) is 12.5. The lowest BCUT2D eigenvalue weighted by Gasteiger charge is -2.07. The van der Waals surface area contributed by atoms with Gasteiger partial charge in [-0.05, 0) is 118 Å². The van der Waals surface area contributed by atoms with Crippen molar-refractivity contribution >= 4 is 0 Å². The number of benzene rings is 5. The Balaban J connectivity index is 0.000000283. The first kappa shape index (κ1) is 39.1. The lowest BCUT2D eigenvalue weighted by molar-refractivity contribution is 0.733. The van der Waals surface area contributed by atoms with E-state index < -0.39 is 0 Å². The molecule has 5 aromatic carbocycles. The first-order chi connectivity index (χ1) is 21.3. The first-order valence-corrected chi connectivity index (χ1v) is 16.5. The molecule has 0 heterocycles. The Morgan fingerprint density at radius 3 is 0.800 bits per heavy atom. The van der Waals surface area contributed by atoms with E-state index in [4.69, 9.17) is 0 Å². The summed E-state index contributed by atoms with van der Waals surface area (Å²) in [6, 6.07) is 42.6. The molecule has 240 valence electrons. The predicted octanol–water partition coefficient (Wildman–Crippen LogP) is 13.5. The standard InChI is InChI=1S/C11H16.C10H14.3C8H10/c1-4-10(3)11-7-5-9(2)6-8-11;1-8(2)10-6-4-9(3)5-7-10;3*1-7-5-3-4-6-8(7)2/h5-8,10H,4H2,1-3H3;4-8H,1-3H3;3*3-6H,1-2H3. The van der Waals surface area contributed by atoms with Crippen LogP contribution in [-0.4, -0.2) is 0 Å². The molecule has 5 rings (SSSR count). The molecule has 0 spiro atoms. The molecule has 1 unspecified atom stereocenters. The van der Waals surface area contributed by atoms with Crippen LogP contribution in [0.3, 0.4) is 0 Å². The molecule has 0 aliphatic rings. The minimum Gasteiger partial charge on any atom is -0.0648 e. The Labute approximate surface area is 277 Å². The Kier molecular flexibility index (Phi) is 18.9. The normalized spacial score (nSPS) is 10.4. The summed E-state index contributed by atoms with van der Waals surface area (Å²) in [6.45, 7) is 25.9. The van der Waals surface area contributed by atoms with Gasteiger partial charge < -0.3 is 0 Å². The van der Waals surface area contributed by atoms with Crippen molar-refractivity contribution < 1.29 is 0 Å². The maximum atomic E-state index is 2.27. The molecule has 0 saturated carbocycles. The van der Waals surface area contributed by atoms with Crippen LogP contribution in [0.1, 0.15) is 102 Å². The van der Waals surface area contributed by atoms with Crippen molar-refractivity contribution in [1.29, 1.82) is 0 Å². The molecule has 0 fully saturated rings. The number of aryl methyl sites for hydroxylation is 8. The van der Waals surface area contributed by atoms with E-state index in [0.29, 0.717) is 11.8 Å². The van der Waals surface area contributed by atoms with E-state index in [1.54, 1.807) is 0 Å². The molecule has 45 heavy (non-hydrogen) atoms. The fourth-order valence-corrected chi connectivity index (χ4v) is 4.07. The van der Waals surface area contributed by atoms with E-state index in [-0.39, 0.29) is 0 Å². The smallest absolute Gasteiger partial charge is 0.0193 e. The number of rotatable bonds is 3. The zero-order chi connectivity index (χ0) is 33.8. The summed E-state index contributed by atoms with van der Waals surface area (Å²) >= 11 is 0. The largest absolute Gasteiger partial charge is 0.0648 e. The van der Waals surface area contributed by atoms with Crippen molar-refractivity contribution in [3.8, 4) is 0 Å². The van der Waals surface area contributed by atoms with Crippen molar-refractivity contribution in [2.24, 2.45) is 0 Å². The highest BCUT2D eigenvalue weighted by molar-refractivity contribution is 5.26. The molecule has 5 aromatic rings. The summed E-state index contributed by atoms with van der Waals surface area (Å²) < 4.78 is 0. The van der Waals surface area contributed by atoms with Gasteiger partial charge >= 0.3 is 0 Å². The van der Waals surface area contributed by atoms with Gasteiger partial charge in [0, 0.05) is 0 Å². The quantitative estimate of drug-likeness (QED) is 0.193. The van der Waals surface area contributed by atoms with Gasteiger partial charge in [-0.1, -0.05) is 160 Å². The van der Waals surface area contributed by atoms with Gasteiger partial charge in [0.1, 0.15) is 0 Å². The zero-order valence-electron chi connectivity index (χ0n) is 30.4. The first-order valence-electron chi connectivity index (χ1n) is 16.5. The molecule has 0 bridgehead atoms. The van der Waals surface area contributed by atoms with Gasteiger partial charge in [0.15, 0.2) is 0 Å². The number of hydrogen-bond acceptors (Lipinski definition) is 0. The molecule has 0 N–H and O–H groups in total. The van der Waals surface area contributed by atoms with Crippen molar-refractivity contribution in [2.45, 2.75) is 101 Å². The monoisotopic (exact) mass is 600 g/mol. The highest BCUT2D eigenvalue weighted by Crippen LogP contribution is 2.18. The van der Waals surface area contributed by atoms with E-state index >= 15 is 0 Å². The predicted molar refractivity (Wildman–Crippen MR) is 203 cm³/mol. The molecule has 0 amide bonds. The minimum absolute atomic E-state index is 0.653. The topological polar surface area (TPSA) is 0 Å². The molecule has 0 aliphatic carbocycles. The molecule has 0 saturated heterocycles. The van der Waals surface area contributed by atoms with E-state index in [1.807, 2.05) is 0 Å². The Bertz CT molecular complexity index is 1300. The molecule has 0 aliphatic heterocycles. The van der Waals surface area contributed by atoms with Crippen molar-refractivity contribution in [1.82, 2.24) is 0 Å². The minimum atomic E-state index is 0.653. The molecule has 0 heteroatoms. The van der Waals surface area contributed by atoms with Gasteiger partial charge in [-0.25, -0.2) is 0 Å². The Morgan fingerprint density at radius 2 is 0.600 bits per heavy atom. The van der Waals surface area contributed by atoms with Gasteiger partial charge in [-0.2, -0.15) is 0 Å². The Morgan fingerprint density at radius 1 is 0.356 bits per heavy atom. The van der Waals surface area contributed by atoms with E-state index in [9.17, 15) is 0 Å². The third-order valence-corrected chi connectivity index (χ3v) is 8.28. The SMILES string of the molecule is CCC(C)c1ccc(C)cc1.Cc1ccc(C(C)C)cc1.Cc1ccccc1C.Cc1ccccc1C.Cc1ccccc1C. The maximum absolute atomic E-state index is 2.27. The van der Waals surface area contributed by atoms with E-state index in [1.165, 1.54) is 62.1 Å². The summed E-state index contributed by atoms with van der Waals surface area (Å²) in [4.78, 5) is 0. The van der Waals surface area contributed by atoms with Crippen molar-refractivity contribution in [3.63, 3.8) is 0 Å². The van der Waals surface area contributed by atoms with Crippen LogP contribution in [0.5, 0.6) is 0 Å². The fraction of sp³-hybridized carbons (Fsp3) is 0.333. The van der Waals surface area contributed by atoms with Crippen LogP contribution in [0.2, 0.25) is 0 Å². The van der Waals surface area contributed by atoms with Crippen LogP contribution in [0.15, 0.2) is 121 Å². The average molecular weight is 601 g/mol. The van der Waals surface area contributed by atoms with Gasteiger partial charge in [0.2, 0.25) is 0 Å². The molecule has 0 radical (unpaired) electrons. The van der Waals surface area contributed by atoms with E-state index in [2.05, 4.69) is 204 Å². The second-order valence-corrected chi connectivity index (χ2v) is 12.5. The Hall–Kier alpha value is -3.90. The van der Waals surface area contributed by atoms with Crippen LogP contribution < -0.4 is 0 Å².